The summed E-state index contributed by atoms with van der Waals surface area (Å²) in [6.07, 6.45) is 3.97. The lowest BCUT2D eigenvalue weighted by Crippen LogP contribution is -2.49. The Kier molecular flexibility index (Phi) is 5.57. The van der Waals surface area contributed by atoms with Crippen LogP contribution in [-0.2, 0) is 4.74 Å². The summed E-state index contributed by atoms with van der Waals surface area (Å²) >= 11 is 0. The Morgan fingerprint density at radius 2 is 2.26 bits per heavy atom. The summed E-state index contributed by atoms with van der Waals surface area (Å²) in [7, 11) is 1.66. The number of aliphatic hydroxyl groups excluding tert-OH is 1. The fourth-order valence-corrected chi connectivity index (χ4v) is 2.50. The highest BCUT2D eigenvalue weighted by atomic mass is 16.5. The fourth-order valence-electron chi connectivity index (χ4n) is 2.50. The molecule has 0 aromatic carbocycles. The quantitative estimate of drug-likeness (QED) is 0.791. The van der Waals surface area contributed by atoms with Crippen molar-refractivity contribution in [3.05, 3.63) is 24.4 Å². The summed E-state index contributed by atoms with van der Waals surface area (Å²) in [4.78, 5) is 6.69. The van der Waals surface area contributed by atoms with Crippen LogP contribution in [0.4, 0.5) is 5.82 Å². The second kappa shape index (κ2) is 7.43. The number of ether oxygens (including phenoxy) is 1. The average molecular weight is 265 g/mol. The van der Waals surface area contributed by atoms with Gasteiger partial charge in [-0.1, -0.05) is 6.07 Å². The normalized spacial score (nSPS) is 18.5. The first kappa shape index (κ1) is 14.2. The van der Waals surface area contributed by atoms with Crippen LogP contribution in [0.1, 0.15) is 12.8 Å². The Balaban J connectivity index is 1.79. The van der Waals surface area contributed by atoms with E-state index in [1.165, 1.54) is 0 Å². The molecule has 0 saturated carbocycles. The predicted octanol–water partition coefficient (Wildman–Crippen LogP) is 0.647. The van der Waals surface area contributed by atoms with Crippen LogP contribution in [0.3, 0.4) is 0 Å². The minimum absolute atomic E-state index is 0.0383. The maximum absolute atomic E-state index is 9.25. The summed E-state index contributed by atoms with van der Waals surface area (Å²) in [6, 6.07) is 6.50. The number of aromatic nitrogens is 1. The highest BCUT2D eigenvalue weighted by Crippen LogP contribution is 2.17. The van der Waals surface area contributed by atoms with Gasteiger partial charge in [-0.15, -0.1) is 0 Å². The number of hydrogen-bond donors (Lipinski definition) is 2. The first-order valence-corrected chi connectivity index (χ1v) is 6.85. The third kappa shape index (κ3) is 4.16. The van der Waals surface area contributed by atoms with E-state index in [2.05, 4.69) is 21.3 Å². The van der Waals surface area contributed by atoms with Gasteiger partial charge in [0.1, 0.15) is 5.82 Å². The number of hydrogen-bond acceptors (Lipinski definition) is 5. The Bertz CT molecular complexity index is 353. The van der Waals surface area contributed by atoms with Crippen molar-refractivity contribution in [2.24, 2.45) is 0 Å². The first-order chi connectivity index (χ1) is 9.33. The standard InChI is InChI=1S/C14H23N3O2/c1-19-11-13(10-18)16-12-5-8-17(9-6-12)14-4-2-3-7-15-14/h2-4,7,12-13,16,18H,5-6,8-11H2,1H3. The van der Waals surface area contributed by atoms with Crippen LogP contribution in [-0.4, -0.2) is 55.6 Å². The molecule has 1 aliphatic heterocycles. The smallest absolute Gasteiger partial charge is 0.128 e. The van der Waals surface area contributed by atoms with Crippen molar-refractivity contribution < 1.29 is 9.84 Å². The summed E-state index contributed by atoms with van der Waals surface area (Å²) in [5, 5.41) is 12.7. The van der Waals surface area contributed by atoms with Gasteiger partial charge in [0.05, 0.1) is 19.3 Å². The lowest BCUT2D eigenvalue weighted by molar-refractivity contribution is 0.119. The summed E-state index contributed by atoms with van der Waals surface area (Å²) in [6.45, 7) is 2.67. The monoisotopic (exact) mass is 265 g/mol. The molecule has 2 heterocycles. The van der Waals surface area contributed by atoms with Gasteiger partial charge in [0.2, 0.25) is 0 Å². The van der Waals surface area contributed by atoms with E-state index >= 15 is 0 Å². The van der Waals surface area contributed by atoms with E-state index in [0.717, 1.165) is 31.7 Å². The molecule has 0 amide bonds. The second-order valence-electron chi connectivity index (χ2n) is 4.95. The Labute approximate surface area is 114 Å². The van der Waals surface area contributed by atoms with Crippen molar-refractivity contribution in [3.8, 4) is 0 Å². The van der Waals surface area contributed by atoms with E-state index < -0.39 is 0 Å². The molecule has 1 aliphatic rings. The van der Waals surface area contributed by atoms with Crippen LogP contribution >= 0.6 is 0 Å². The molecule has 0 radical (unpaired) electrons. The summed E-state index contributed by atoms with van der Waals surface area (Å²) in [5.74, 6) is 1.05. The largest absolute Gasteiger partial charge is 0.395 e. The molecule has 2 N–H and O–H groups in total. The van der Waals surface area contributed by atoms with Crippen molar-refractivity contribution in [3.63, 3.8) is 0 Å². The van der Waals surface area contributed by atoms with Gasteiger partial charge >= 0.3 is 0 Å². The number of pyridine rings is 1. The van der Waals surface area contributed by atoms with E-state index in [1.807, 2.05) is 18.3 Å². The number of rotatable bonds is 6. The molecule has 5 nitrogen and oxygen atoms in total. The van der Waals surface area contributed by atoms with Crippen LogP contribution in [0.25, 0.3) is 0 Å². The summed E-state index contributed by atoms with van der Waals surface area (Å²) in [5.41, 5.74) is 0. The topological polar surface area (TPSA) is 57.6 Å². The van der Waals surface area contributed by atoms with Crippen LogP contribution < -0.4 is 10.2 Å². The van der Waals surface area contributed by atoms with E-state index in [9.17, 15) is 5.11 Å². The molecule has 5 heteroatoms. The number of aliphatic hydroxyl groups is 1. The lowest BCUT2D eigenvalue weighted by atomic mass is 10.0. The molecule has 0 bridgehead atoms. The van der Waals surface area contributed by atoms with Gasteiger partial charge in [0.25, 0.3) is 0 Å². The second-order valence-corrected chi connectivity index (χ2v) is 4.95. The molecule has 1 unspecified atom stereocenters. The van der Waals surface area contributed by atoms with Crippen LogP contribution in [0.2, 0.25) is 0 Å². The van der Waals surface area contributed by atoms with Crippen LogP contribution in [0.5, 0.6) is 0 Å². The minimum atomic E-state index is 0.0383. The Hall–Kier alpha value is -1.17. The zero-order valence-corrected chi connectivity index (χ0v) is 11.5. The van der Waals surface area contributed by atoms with Gasteiger partial charge in [-0.3, -0.25) is 0 Å². The molecule has 1 atom stereocenters. The lowest BCUT2D eigenvalue weighted by Gasteiger charge is -2.34. The number of anilines is 1. The third-order valence-corrected chi connectivity index (χ3v) is 3.53. The Morgan fingerprint density at radius 1 is 1.47 bits per heavy atom. The molecule has 1 fully saturated rings. The van der Waals surface area contributed by atoms with Gasteiger partial charge in [-0.2, -0.15) is 0 Å². The molecule has 0 aliphatic carbocycles. The highest BCUT2D eigenvalue weighted by Gasteiger charge is 2.21. The van der Waals surface area contributed by atoms with E-state index in [-0.39, 0.29) is 12.6 Å². The third-order valence-electron chi connectivity index (χ3n) is 3.53. The van der Waals surface area contributed by atoms with Crippen molar-refractivity contribution in [1.29, 1.82) is 0 Å². The predicted molar refractivity (Wildman–Crippen MR) is 75.4 cm³/mol. The van der Waals surface area contributed by atoms with Crippen molar-refractivity contribution in [2.75, 3.05) is 38.3 Å². The number of methoxy groups -OCH3 is 1. The fraction of sp³-hybridized carbons (Fsp3) is 0.643. The zero-order valence-electron chi connectivity index (χ0n) is 11.5. The van der Waals surface area contributed by atoms with Gasteiger partial charge < -0.3 is 20.1 Å². The van der Waals surface area contributed by atoms with Gasteiger partial charge in [-0.25, -0.2) is 4.98 Å². The van der Waals surface area contributed by atoms with Crippen molar-refractivity contribution in [2.45, 2.75) is 24.9 Å². The molecule has 1 saturated heterocycles. The van der Waals surface area contributed by atoms with E-state index in [0.29, 0.717) is 12.6 Å². The van der Waals surface area contributed by atoms with Gasteiger partial charge in [0, 0.05) is 32.4 Å². The maximum Gasteiger partial charge on any atom is 0.128 e. The Morgan fingerprint density at radius 3 is 2.84 bits per heavy atom. The van der Waals surface area contributed by atoms with Gasteiger partial charge in [-0.05, 0) is 25.0 Å². The molecule has 106 valence electrons. The van der Waals surface area contributed by atoms with Crippen molar-refractivity contribution >= 4 is 5.82 Å². The molecule has 19 heavy (non-hydrogen) atoms. The molecular weight excluding hydrogens is 242 g/mol. The SMILES string of the molecule is COCC(CO)NC1CCN(c2ccccn2)CC1. The van der Waals surface area contributed by atoms with E-state index in [4.69, 9.17) is 4.74 Å². The average Bonchev–Trinajstić information content (AvgIpc) is 2.48. The zero-order chi connectivity index (χ0) is 13.5. The minimum Gasteiger partial charge on any atom is -0.395 e. The number of nitrogens with zero attached hydrogens (tertiary/aromatic N) is 2. The molecule has 0 spiro atoms. The highest BCUT2D eigenvalue weighted by molar-refractivity contribution is 5.38. The first-order valence-electron chi connectivity index (χ1n) is 6.85. The molecule has 2 rings (SSSR count). The maximum atomic E-state index is 9.25. The van der Waals surface area contributed by atoms with Gasteiger partial charge in [0.15, 0.2) is 0 Å². The van der Waals surface area contributed by atoms with Crippen LogP contribution in [0.15, 0.2) is 24.4 Å². The molecule has 1 aromatic rings. The molecule has 1 aromatic heterocycles. The molecular formula is C14H23N3O2. The number of nitrogens with one attached hydrogen (secondary N) is 1. The summed E-state index contributed by atoms with van der Waals surface area (Å²) < 4.78 is 5.08. The number of piperidine rings is 1. The van der Waals surface area contributed by atoms with Crippen LogP contribution in [0, 0.1) is 0 Å². The van der Waals surface area contributed by atoms with Crippen molar-refractivity contribution in [1.82, 2.24) is 10.3 Å². The van der Waals surface area contributed by atoms with E-state index in [1.54, 1.807) is 7.11 Å².